The smallest absolute Gasteiger partial charge is 0.246 e. The van der Waals surface area contributed by atoms with E-state index in [9.17, 15) is 8.42 Å². The van der Waals surface area contributed by atoms with Crippen LogP contribution in [0.15, 0.2) is 11.0 Å². The second-order valence-corrected chi connectivity index (χ2v) is 3.41. The minimum atomic E-state index is -3.46. The van der Waals surface area contributed by atoms with Crippen LogP contribution in [-0.2, 0) is 14.3 Å². The van der Waals surface area contributed by atoms with Gasteiger partial charge in [0, 0.05) is 0 Å². The van der Waals surface area contributed by atoms with Crippen LogP contribution in [0.1, 0.15) is 6.92 Å². The summed E-state index contributed by atoms with van der Waals surface area (Å²) in [6.07, 6.45) is 4.28. The molecule has 1 aliphatic heterocycles. The Balaban J connectivity index is 3.03. The molecule has 54 valence electrons. The van der Waals surface area contributed by atoms with Gasteiger partial charge in [-0.3, -0.25) is 0 Å². The molecule has 0 bridgehead atoms. The maximum atomic E-state index is 10.6. The molecule has 0 aromatic carbocycles. The largest absolute Gasteiger partial charge is 0.291 e. The van der Waals surface area contributed by atoms with Crippen LogP contribution in [-0.4, -0.2) is 14.5 Å². The van der Waals surface area contributed by atoms with E-state index in [1.54, 1.807) is 6.92 Å². The summed E-state index contributed by atoms with van der Waals surface area (Å²) in [5, 5.41) is 1.04. The van der Waals surface area contributed by atoms with Gasteiger partial charge < -0.3 is 0 Å². The van der Waals surface area contributed by atoms with Gasteiger partial charge in [-0.25, -0.2) is 4.18 Å². The highest BCUT2D eigenvalue weighted by molar-refractivity contribution is 7.90. The van der Waals surface area contributed by atoms with Crippen molar-refractivity contribution in [2.24, 2.45) is 0 Å². The van der Waals surface area contributed by atoms with Crippen LogP contribution in [0.2, 0.25) is 0 Å². The van der Waals surface area contributed by atoms with Crippen molar-refractivity contribution in [3.05, 3.63) is 11.0 Å². The van der Waals surface area contributed by atoms with Crippen LogP contribution in [0.4, 0.5) is 0 Å². The molecule has 0 N–H and O–H groups in total. The maximum absolute atomic E-state index is 10.6. The number of rotatable bonds is 0. The zero-order chi connectivity index (χ0) is 7.78. The van der Waals surface area contributed by atoms with E-state index in [2.05, 4.69) is 10.1 Å². The Morgan fingerprint density at radius 3 is 2.60 bits per heavy atom. The first-order valence-electron chi connectivity index (χ1n) is 2.63. The van der Waals surface area contributed by atoms with Crippen molar-refractivity contribution < 1.29 is 12.6 Å². The lowest BCUT2D eigenvalue weighted by atomic mass is 10.2. The second-order valence-electron chi connectivity index (χ2n) is 2.00. The molecule has 0 saturated heterocycles. The van der Waals surface area contributed by atoms with Crippen molar-refractivity contribution in [2.45, 2.75) is 13.0 Å². The molecule has 1 rings (SSSR count). The fraction of sp³-hybridized carbons (Fsp3) is 0.333. The molecule has 4 heteroatoms. The van der Waals surface area contributed by atoms with Crippen LogP contribution < -0.4 is 0 Å². The van der Waals surface area contributed by atoms with E-state index in [0.717, 1.165) is 5.41 Å². The Morgan fingerprint density at radius 1 is 1.80 bits per heavy atom. The van der Waals surface area contributed by atoms with Gasteiger partial charge in [-0.1, -0.05) is 5.92 Å². The lowest BCUT2D eigenvalue weighted by Crippen LogP contribution is -2.06. The minimum absolute atomic E-state index is 0.558. The summed E-state index contributed by atoms with van der Waals surface area (Å²) in [7, 11) is -3.46. The van der Waals surface area contributed by atoms with E-state index in [0.29, 0.717) is 5.57 Å². The standard InChI is InChI=1S/C6H6O3S/c1-3-6-5(2)4-10(7,8)9-6/h1,4,6H,2H3. The molecule has 0 saturated carbocycles. The fourth-order valence-corrected chi connectivity index (χ4v) is 1.80. The van der Waals surface area contributed by atoms with Gasteiger partial charge in [0.25, 0.3) is 10.1 Å². The molecule has 10 heavy (non-hydrogen) atoms. The Kier molecular flexibility index (Phi) is 1.55. The summed E-state index contributed by atoms with van der Waals surface area (Å²) in [4.78, 5) is 0. The van der Waals surface area contributed by atoms with Crippen molar-refractivity contribution in [2.75, 3.05) is 0 Å². The van der Waals surface area contributed by atoms with E-state index >= 15 is 0 Å². The molecule has 0 aliphatic carbocycles. The predicted octanol–water partition coefficient (Wildman–Crippen LogP) is 0.252. The highest BCUT2D eigenvalue weighted by Gasteiger charge is 2.25. The lowest BCUT2D eigenvalue weighted by molar-refractivity contribution is 0.314. The molecule has 0 aromatic heterocycles. The maximum Gasteiger partial charge on any atom is 0.291 e. The van der Waals surface area contributed by atoms with E-state index in [1.165, 1.54) is 0 Å². The molecule has 1 atom stereocenters. The minimum Gasteiger partial charge on any atom is -0.246 e. The Labute approximate surface area is 59.8 Å². The molecule has 0 amide bonds. The highest BCUT2D eigenvalue weighted by Crippen LogP contribution is 2.19. The summed E-state index contributed by atoms with van der Waals surface area (Å²) in [6, 6.07) is 0. The quantitative estimate of drug-likeness (QED) is 0.375. The topological polar surface area (TPSA) is 43.4 Å². The first-order chi connectivity index (χ1) is 4.55. The normalized spacial score (nSPS) is 29.2. The van der Waals surface area contributed by atoms with Crippen molar-refractivity contribution in [3.63, 3.8) is 0 Å². The van der Waals surface area contributed by atoms with Gasteiger partial charge in [0.05, 0.1) is 5.41 Å². The van der Waals surface area contributed by atoms with Crippen molar-refractivity contribution in [1.82, 2.24) is 0 Å². The third-order valence-corrected chi connectivity index (χ3v) is 2.25. The monoisotopic (exact) mass is 158 g/mol. The Bertz CT molecular complexity index is 304. The predicted molar refractivity (Wildman–Crippen MR) is 36.4 cm³/mol. The molecular weight excluding hydrogens is 152 g/mol. The summed E-state index contributed by atoms with van der Waals surface area (Å²) < 4.78 is 25.7. The van der Waals surface area contributed by atoms with Gasteiger partial charge in [-0.2, -0.15) is 8.42 Å². The van der Waals surface area contributed by atoms with Gasteiger partial charge in [0.1, 0.15) is 0 Å². The molecule has 0 spiro atoms. The van der Waals surface area contributed by atoms with Crippen LogP contribution in [0.5, 0.6) is 0 Å². The van der Waals surface area contributed by atoms with Gasteiger partial charge in [-0.15, -0.1) is 6.42 Å². The average molecular weight is 158 g/mol. The number of hydrogen-bond acceptors (Lipinski definition) is 3. The summed E-state index contributed by atoms with van der Waals surface area (Å²) in [5.41, 5.74) is 0.558. The van der Waals surface area contributed by atoms with Crippen molar-refractivity contribution in [1.29, 1.82) is 0 Å². The number of terminal acetylenes is 1. The summed E-state index contributed by atoms with van der Waals surface area (Å²) in [5.74, 6) is 2.20. The third kappa shape index (κ3) is 1.20. The van der Waals surface area contributed by atoms with Gasteiger partial charge >= 0.3 is 0 Å². The molecule has 1 aliphatic rings. The fourth-order valence-electron chi connectivity index (χ4n) is 0.686. The first kappa shape index (κ1) is 7.32. The second kappa shape index (κ2) is 2.11. The van der Waals surface area contributed by atoms with Gasteiger partial charge in [-0.05, 0) is 12.5 Å². The molecule has 1 unspecified atom stereocenters. The first-order valence-corrected chi connectivity index (χ1v) is 4.10. The Morgan fingerprint density at radius 2 is 2.40 bits per heavy atom. The highest BCUT2D eigenvalue weighted by atomic mass is 32.2. The average Bonchev–Trinajstić information content (AvgIpc) is 2.05. The van der Waals surface area contributed by atoms with Gasteiger partial charge in [0.2, 0.25) is 0 Å². The summed E-state index contributed by atoms with van der Waals surface area (Å²) >= 11 is 0. The zero-order valence-corrected chi connectivity index (χ0v) is 6.18. The van der Waals surface area contributed by atoms with Crippen LogP contribution in [0.3, 0.4) is 0 Å². The SMILES string of the molecule is C#CC1OS(=O)(=O)C=C1C. The third-order valence-electron chi connectivity index (χ3n) is 1.13. The molecule has 3 nitrogen and oxygen atoms in total. The van der Waals surface area contributed by atoms with E-state index in [1.807, 2.05) is 0 Å². The molecule has 0 radical (unpaired) electrons. The summed E-state index contributed by atoms with van der Waals surface area (Å²) in [6.45, 7) is 1.62. The van der Waals surface area contributed by atoms with Crippen LogP contribution in [0.25, 0.3) is 0 Å². The van der Waals surface area contributed by atoms with Crippen molar-refractivity contribution in [3.8, 4) is 12.3 Å². The Hall–Kier alpha value is -0.790. The van der Waals surface area contributed by atoms with E-state index in [4.69, 9.17) is 6.42 Å². The molecule has 1 heterocycles. The van der Waals surface area contributed by atoms with E-state index < -0.39 is 16.2 Å². The lowest BCUT2D eigenvalue weighted by Gasteiger charge is -1.98. The van der Waals surface area contributed by atoms with Crippen molar-refractivity contribution >= 4 is 10.1 Å². The van der Waals surface area contributed by atoms with Crippen LogP contribution in [0, 0.1) is 12.3 Å². The zero-order valence-electron chi connectivity index (χ0n) is 5.37. The van der Waals surface area contributed by atoms with Crippen LogP contribution >= 0.6 is 0 Å². The molecule has 0 aromatic rings. The number of hydrogen-bond donors (Lipinski definition) is 0. The molecule has 0 fully saturated rings. The van der Waals surface area contributed by atoms with E-state index in [-0.39, 0.29) is 0 Å². The van der Waals surface area contributed by atoms with Gasteiger partial charge in [0.15, 0.2) is 6.10 Å². The molecular formula is C6H6O3S.